The second-order valence-electron chi connectivity index (χ2n) is 4.90. The Morgan fingerprint density at radius 2 is 1.89 bits per heavy atom. The Hall–Kier alpha value is -1.17. The second kappa shape index (κ2) is 6.32. The van der Waals surface area contributed by atoms with Crippen molar-refractivity contribution < 1.29 is 17.7 Å². The van der Waals surface area contributed by atoms with Crippen LogP contribution in [0.25, 0.3) is 0 Å². The van der Waals surface area contributed by atoms with Crippen LogP contribution in [0.1, 0.15) is 19.3 Å². The third-order valence-corrected chi connectivity index (χ3v) is 3.32. The van der Waals surface area contributed by atoms with Gasteiger partial charge in [0.1, 0.15) is 5.75 Å². The van der Waals surface area contributed by atoms with Crippen LogP contribution in [0.3, 0.4) is 0 Å². The van der Waals surface area contributed by atoms with Crippen molar-refractivity contribution in [2.75, 3.05) is 26.2 Å². The third-order valence-electron chi connectivity index (χ3n) is 3.32. The van der Waals surface area contributed by atoms with Crippen LogP contribution in [0.4, 0.5) is 12.9 Å². The Morgan fingerprint density at radius 1 is 1.16 bits per heavy atom. The minimum absolute atomic E-state index is 0.304. The van der Waals surface area contributed by atoms with Crippen LogP contribution in [0.5, 0.6) is 5.75 Å². The van der Waals surface area contributed by atoms with Gasteiger partial charge in [-0.15, -0.1) is 5.46 Å². The average molecular weight is 272 g/mol. The van der Waals surface area contributed by atoms with E-state index in [9.17, 15) is 12.9 Å². The maximum Gasteiger partial charge on any atom is 0.509 e. The van der Waals surface area contributed by atoms with Gasteiger partial charge in [-0.05, 0) is 44.5 Å². The van der Waals surface area contributed by atoms with Gasteiger partial charge in [0.25, 0.3) is 0 Å². The predicted octanol–water partition coefficient (Wildman–Crippen LogP) is 2.61. The SMILES string of the molecule is F[B-](F)(F)c1cccc(OCCCN2CCCC2)c1. The lowest BCUT2D eigenvalue weighted by molar-refractivity contribution is 0.263. The molecule has 0 atom stereocenters. The van der Waals surface area contributed by atoms with Crippen molar-refractivity contribution in [1.29, 1.82) is 0 Å². The fraction of sp³-hybridized carbons (Fsp3) is 0.538. The molecule has 1 aromatic carbocycles. The average Bonchev–Trinajstić information content (AvgIpc) is 2.87. The van der Waals surface area contributed by atoms with Gasteiger partial charge in [-0.1, -0.05) is 12.1 Å². The highest BCUT2D eigenvalue weighted by Crippen LogP contribution is 2.15. The molecule has 1 fully saturated rings. The Kier molecular flexibility index (Phi) is 4.74. The van der Waals surface area contributed by atoms with Gasteiger partial charge in [-0.3, -0.25) is 0 Å². The molecule has 1 aliphatic rings. The molecule has 0 N–H and O–H groups in total. The number of ether oxygens (including phenoxy) is 1. The number of rotatable bonds is 6. The molecule has 2 nitrogen and oxygen atoms in total. The summed E-state index contributed by atoms with van der Waals surface area (Å²) in [6.07, 6.45) is 3.34. The monoisotopic (exact) mass is 272 g/mol. The maximum atomic E-state index is 12.6. The van der Waals surface area contributed by atoms with Crippen molar-refractivity contribution in [1.82, 2.24) is 4.90 Å². The summed E-state index contributed by atoms with van der Waals surface area (Å²) >= 11 is 0. The quantitative estimate of drug-likeness (QED) is 0.583. The van der Waals surface area contributed by atoms with Crippen LogP contribution >= 0.6 is 0 Å². The third kappa shape index (κ3) is 4.46. The Labute approximate surface area is 111 Å². The van der Waals surface area contributed by atoms with E-state index in [4.69, 9.17) is 4.74 Å². The summed E-state index contributed by atoms with van der Waals surface area (Å²) in [7, 11) is 0. The van der Waals surface area contributed by atoms with Gasteiger partial charge in [0.15, 0.2) is 0 Å². The minimum Gasteiger partial charge on any atom is -0.494 e. The highest BCUT2D eigenvalue weighted by atomic mass is 19.4. The predicted molar refractivity (Wildman–Crippen MR) is 70.9 cm³/mol. The summed E-state index contributed by atoms with van der Waals surface area (Å²) in [5, 5.41) is 0. The van der Waals surface area contributed by atoms with Gasteiger partial charge < -0.3 is 22.6 Å². The molecule has 6 heteroatoms. The summed E-state index contributed by atoms with van der Waals surface area (Å²) in [5.41, 5.74) is -0.600. The largest absolute Gasteiger partial charge is 0.509 e. The number of benzene rings is 1. The van der Waals surface area contributed by atoms with Gasteiger partial charge in [0.05, 0.1) is 6.61 Å². The van der Waals surface area contributed by atoms with Crippen molar-refractivity contribution in [3.05, 3.63) is 24.3 Å². The zero-order valence-corrected chi connectivity index (χ0v) is 10.8. The topological polar surface area (TPSA) is 12.5 Å². The van der Waals surface area contributed by atoms with Gasteiger partial charge >= 0.3 is 6.98 Å². The fourth-order valence-electron chi connectivity index (χ4n) is 2.29. The standard InChI is InChI=1S/C13H18BF3NO/c15-14(16,17)12-5-3-6-13(11-12)19-10-4-9-18-7-1-2-8-18/h3,5-6,11H,1-2,4,7-10H2/q-1. The van der Waals surface area contributed by atoms with E-state index < -0.39 is 12.4 Å². The summed E-state index contributed by atoms with van der Waals surface area (Å²) in [4.78, 5) is 2.36. The summed E-state index contributed by atoms with van der Waals surface area (Å²) in [6.45, 7) is -1.26. The maximum absolute atomic E-state index is 12.6. The normalized spacial score (nSPS) is 16.8. The Bertz CT molecular complexity index is 405. The molecule has 1 saturated heterocycles. The highest BCUT2D eigenvalue weighted by Gasteiger charge is 2.25. The molecule has 2 rings (SSSR count). The molecule has 0 aromatic heterocycles. The van der Waals surface area contributed by atoms with Crippen LogP contribution in [-0.4, -0.2) is 38.1 Å². The summed E-state index contributed by atoms with van der Waals surface area (Å²) in [5.74, 6) is 0.304. The molecule has 0 aliphatic carbocycles. The molecule has 1 aliphatic heterocycles. The molecule has 1 heterocycles. The van der Waals surface area contributed by atoms with Crippen LogP contribution in [0.2, 0.25) is 0 Å². The van der Waals surface area contributed by atoms with Crippen LogP contribution < -0.4 is 10.2 Å². The van der Waals surface area contributed by atoms with Crippen LogP contribution in [0.15, 0.2) is 24.3 Å². The highest BCUT2D eigenvalue weighted by molar-refractivity contribution is 6.73. The first kappa shape index (κ1) is 14.2. The smallest absolute Gasteiger partial charge is 0.494 e. The van der Waals surface area contributed by atoms with Crippen molar-refractivity contribution in [2.45, 2.75) is 19.3 Å². The van der Waals surface area contributed by atoms with E-state index in [1.54, 1.807) is 6.07 Å². The first-order chi connectivity index (χ1) is 9.05. The van der Waals surface area contributed by atoms with Crippen molar-refractivity contribution in [2.24, 2.45) is 0 Å². The Balaban J connectivity index is 1.76. The van der Waals surface area contributed by atoms with E-state index in [0.717, 1.165) is 38.2 Å². The zero-order valence-electron chi connectivity index (χ0n) is 10.8. The van der Waals surface area contributed by atoms with Crippen LogP contribution in [-0.2, 0) is 0 Å². The van der Waals surface area contributed by atoms with Gasteiger partial charge in [0, 0.05) is 6.54 Å². The molecule has 1 aromatic rings. The summed E-state index contributed by atoms with van der Waals surface area (Å²) < 4.78 is 43.1. The molecule has 0 radical (unpaired) electrons. The number of nitrogens with zero attached hydrogens (tertiary/aromatic N) is 1. The lowest BCUT2D eigenvalue weighted by atomic mass is 9.80. The van der Waals surface area contributed by atoms with Gasteiger partial charge in [-0.25, -0.2) is 0 Å². The zero-order chi connectivity index (χ0) is 13.7. The van der Waals surface area contributed by atoms with E-state index in [1.165, 1.54) is 18.9 Å². The number of hydrogen-bond donors (Lipinski definition) is 0. The van der Waals surface area contributed by atoms with E-state index in [2.05, 4.69) is 4.90 Å². The number of likely N-dealkylation sites (tertiary alicyclic amines) is 1. The number of hydrogen-bond acceptors (Lipinski definition) is 2. The molecule has 0 spiro atoms. The molecule has 0 unspecified atom stereocenters. The molecule has 0 saturated carbocycles. The molecular weight excluding hydrogens is 254 g/mol. The molecular formula is C13H18BF3NO-. The van der Waals surface area contributed by atoms with Crippen molar-refractivity contribution >= 4 is 12.4 Å². The van der Waals surface area contributed by atoms with E-state index in [0.29, 0.717) is 12.4 Å². The number of halogens is 3. The Morgan fingerprint density at radius 3 is 2.58 bits per heavy atom. The molecule has 0 amide bonds. The summed E-state index contributed by atoms with van der Waals surface area (Å²) in [6, 6.07) is 5.12. The van der Waals surface area contributed by atoms with E-state index >= 15 is 0 Å². The van der Waals surface area contributed by atoms with Crippen LogP contribution in [0, 0.1) is 0 Å². The van der Waals surface area contributed by atoms with Gasteiger partial charge in [0.2, 0.25) is 0 Å². The first-order valence-electron chi connectivity index (χ1n) is 6.71. The second-order valence-corrected chi connectivity index (χ2v) is 4.90. The van der Waals surface area contributed by atoms with Gasteiger partial charge in [-0.2, -0.15) is 0 Å². The fourth-order valence-corrected chi connectivity index (χ4v) is 2.29. The molecule has 0 bridgehead atoms. The molecule has 19 heavy (non-hydrogen) atoms. The van der Waals surface area contributed by atoms with Crippen molar-refractivity contribution in [3.63, 3.8) is 0 Å². The van der Waals surface area contributed by atoms with Crippen molar-refractivity contribution in [3.8, 4) is 5.75 Å². The lowest BCUT2D eigenvalue weighted by Crippen LogP contribution is -2.33. The lowest BCUT2D eigenvalue weighted by Gasteiger charge is -2.17. The first-order valence-corrected chi connectivity index (χ1v) is 6.71. The molecule has 106 valence electrons. The van der Waals surface area contributed by atoms with E-state index in [1.807, 2.05) is 0 Å². The van der Waals surface area contributed by atoms with E-state index in [-0.39, 0.29) is 0 Å². The minimum atomic E-state index is -4.95.